The highest BCUT2D eigenvalue weighted by Crippen LogP contribution is 2.08. The topological polar surface area (TPSA) is 49.4 Å². The highest BCUT2D eigenvalue weighted by Gasteiger charge is 2.19. The lowest BCUT2D eigenvalue weighted by molar-refractivity contribution is -0.150. The summed E-state index contributed by atoms with van der Waals surface area (Å²) in [6.07, 6.45) is 1.91. The maximum absolute atomic E-state index is 10.6. The van der Waals surface area contributed by atoms with E-state index in [9.17, 15) is 9.90 Å². The zero-order chi connectivity index (χ0) is 9.68. The summed E-state index contributed by atoms with van der Waals surface area (Å²) < 4.78 is 4.87. The summed E-state index contributed by atoms with van der Waals surface area (Å²) in [5, 5.41) is 10.6. The SMILES string of the molecule is CC(=O)OC(C[O])CN1CCCC1. The van der Waals surface area contributed by atoms with Crippen LogP contribution in [0.4, 0.5) is 0 Å². The Labute approximate surface area is 78.5 Å². The molecule has 1 atom stereocenters. The van der Waals surface area contributed by atoms with Gasteiger partial charge in [-0.3, -0.25) is 9.69 Å². The molecule has 0 bridgehead atoms. The van der Waals surface area contributed by atoms with Crippen LogP contribution in [0.15, 0.2) is 0 Å². The van der Waals surface area contributed by atoms with Gasteiger partial charge in [0.15, 0.2) is 0 Å². The molecule has 1 unspecified atom stereocenters. The molecule has 0 amide bonds. The molecule has 0 saturated carbocycles. The predicted octanol–water partition coefficient (Wildman–Crippen LogP) is 0.444. The summed E-state index contributed by atoms with van der Waals surface area (Å²) in [6.45, 7) is 3.65. The molecular formula is C9H16NO3. The zero-order valence-corrected chi connectivity index (χ0v) is 7.99. The van der Waals surface area contributed by atoms with Gasteiger partial charge in [0.2, 0.25) is 0 Å². The third-order valence-electron chi connectivity index (χ3n) is 2.18. The molecule has 0 N–H and O–H groups in total. The minimum atomic E-state index is -0.462. The van der Waals surface area contributed by atoms with Crippen molar-refractivity contribution in [2.45, 2.75) is 25.9 Å². The third-order valence-corrected chi connectivity index (χ3v) is 2.18. The fraction of sp³-hybridized carbons (Fsp3) is 0.889. The van der Waals surface area contributed by atoms with Crippen LogP contribution in [-0.2, 0) is 14.6 Å². The van der Waals surface area contributed by atoms with Crippen LogP contribution in [-0.4, -0.2) is 43.2 Å². The summed E-state index contributed by atoms with van der Waals surface area (Å²) in [5.41, 5.74) is 0. The number of esters is 1. The van der Waals surface area contributed by atoms with Gasteiger partial charge in [-0.05, 0) is 25.9 Å². The minimum Gasteiger partial charge on any atom is -0.459 e. The molecule has 1 rings (SSSR count). The van der Waals surface area contributed by atoms with Crippen molar-refractivity contribution in [2.24, 2.45) is 0 Å². The van der Waals surface area contributed by atoms with E-state index in [2.05, 4.69) is 4.90 Å². The Morgan fingerprint density at radius 3 is 2.54 bits per heavy atom. The molecule has 4 nitrogen and oxygen atoms in total. The Balaban J connectivity index is 2.25. The van der Waals surface area contributed by atoms with Crippen molar-refractivity contribution in [3.63, 3.8) is 0 Å². The molecule has 0 spiro atoms. The van der Waals surface area contributed by atoms with Gasteiger partial charge in [0, 0.05) is 13.5 Å². The van der Waals surface area contributed by atoms with Crippen LogP contribution in [0.25, 0.3) is 0 Å². The van der Waals surface area contributed by atoms with Crippen molar-refractivity contribution >= 4 is 5.97 Å². The molecule has 1 radical (unpaired) electrons. The van der Waals surface area contributed by atoms with Crippen molar-refractivity contribution in [3.8, 4) is 0 Å². The van der Waals surface area contributed by atoms with E-state index >= 15 is 0 Å². The number of rotatable bonds is 4. The normalized spacial score (nSPS) is 20.2. The molecule has 1 saturated heterocycles. The molecule has 1 aliphatic heterocycles. The van der Waals surface area contributed by atoms with Gasteiger partial charge in [0.1, 0.15) is 12.7 Å². The zero-order valence-electron chi connectivity index (χ0n) is 7.99. The van der Waals surface area contributed by atoms with Crippen LogP contribution < -0.4 is 0 Å². The second-order valence-electron chi connectivity index (χ2n) is 3.41. The second kappa shape index (κ2) is 5.19. The monoisotopic (exact) mass is 186 g/mol. The average Bonchev–Trinajstić information content (AvgIpc) is 2.55. The van der Waals surface area contributed by atoms with E-state index < -0.39 is 6.10 Å². The number of ether oxygens (including phenoxy) is 1. The summed E-state index contributed by atoms with van der Waals surface area (Å²) in [7, 11) is 0. The van der Waals surface area contributed by atoms with Crippen LogP contribution in [0, 0.1) is 0 Å². The van der Waals surface area contributed by atoms with Gasteiger partial charge in [0.05, 0.1) is 0 Å². The Morgan fingerprint density at radius 2 is 2.08 bits per heavy atom. The lowest BCUT2D eigenvalue weighted by atomic mass is 10.3. The second-order valence-corrected chi connectivity index (χ2v) is 3.41. The number of hydrogen-bond donors (Lipinski definition) is 0. The van der Waals surface area contributed by atoms with Crippen molar-refractivity contribution < 1.29 is 14.6 Å². The molecule has 1 fully saturated rings. The first-order valence-corrected chi connectivity index (χ1v) is 4.70. The van der Waals surface area contributed by atoms with Gasteiger partial charge >= 0.3 is 5.97 Å². The van der Waals surface area contributed by atoms with E-state index in [1.807, 2.05) is 0 Å². The first-order valence-electron chi connectivity index (χ1n) is 4.70. The van der Waals surface area contributed by atoms with Crippen LogP contribution in [0.2, 0.25) is 0 Å². The Morgan fingerprint density at radius 1 is 1.46 bits per heavy atom. The minimum absolute atomic E-state index is 0.337. The van der Waals surface area contributed by atoms with E-state index in [0.717, 1.165) is 13.1 Å². The lowest BCUT2D eigenvalue weighted by Gasteiger charge is -2.20. The molecule has 0 aromatic carbocycles. The van der Waals surface area contributed by atoms with Gasteiger partial charge < -0.3 is 4.74 Å². The molecule has 0 aliphatic carbocycles. The van der Waals surface area contributed by atoms with Crippen molar-refractivity contribution in [1.82, 2.24) is 4.90 Å². The summed E-state index contributed by atoms with van der Waals surface area (Å²) in [6, 6.07) is 0. The molecule has 0 aromatic rings. The maximum Gasteiger partial charge on any atom is 0.303 e. The Bertz CT molecular complexity index is 166. The van der Waals surface area contributed by atoms with Gasteiger partial charge in [-0.2, -0.15) is 0 Å². The fourth-order valence-corrected chi connectivity index (χ4v) is 1.61. The number of carbonyl (C=O) groups is 1. The van der Waals surface area contributed by atoms with Crippen LogP contribution >= 0.6 is 0 Å². The van der Waals surface area contributed by atoms with Crippen LogP contribution in [0.5, 0.6) is 0 Å². The average molecular weight is 186 g/mol. The highest BCUT2D eigenvalue weighted by atomic mass is 16.5. The van der Waals surface area contributed by atoms with E-state index in [1.165, 1.54) is 19.8 Å². The molecular weight excluding hydrogens is 170 g/mol. The van der Waals surface area contributed by atoms with Crippen LogP contribution in [0.3, 0.4) is 0 Å². The van der Waals surface area contributed by atoms with Gasteiger partial charge in [-0.1, -0.05) is 0 Å². The number of carbonyl (C=O) groups excluding carboxylic acids is 1. The lowest BCUT2D eigenvalue weighted by Crippen LogP contribution is -2.34. The van der Waals surface area contributed by atoms with Crippen molar-refractivity contribution in [2.75, 3.05) is 26.2 Å². The number of likely N-dealkylation sites (tertiary alicyclic amines) is 1. The quantitative estimate of drug-likeness (QED) is 0.599. The maximum atomic E-state index is 10.6. The third kappa shape index (κ3) is 3.74. The van der Waals surface area contributed by atoms with Gasteiger partial charge in [-0.25, -0.2) is 5.11 Å². The van der Waals surface area contributed by atoms with E-state index in [0.29, 0.717) is 6.54 Å². The first kappa shape index (κ1) is 10.5. The smallest absolute Gasteiger partial charge is 0.303 e. The molecule has 1 aliphatic rings. The fourth-order valence-electron chi connectivity index (χ4n) is 1.61. The number of hydrogen-bond acceptors (Lipinski definition) is 3. The first-order chi connectivity index (χ1) is 6.22. The van der Waals surface area contributed by atoms with Crippen molar-refractivity contribution in [1.29, 1.82) is 0 Å². The Hall–Kier alpha value is -0.610. The van der Waals surface area contributed by atoms with E-state index in [-0.39, 0.29) is 12.6 Å². The molecule has 13 heavy (non-hydrogen) atoms. The molecule has 0 aromatic heterocycles. The summed E-state index contributed by atoms with van der Waals surface area (Å²) in [5.74, 6) is -0.361. The van der Waals surface area contributed by atoms with Crippen molar-refractivity contribution in [3.05, 3.63) is 0 Å². The summed E-state index contributed by atoms with van der Waals surface area (Å²) in [4.78, 5) is 12.8. The summed E-state index contributed by atoms with van der Waals surface area (Å²) >= 11 is 0. The van der Waals surface area contributed by atoms with Gasteiger partial charge in [0.25, 0.3) is 0 Å². The van der Waals surface area contributed by atoms with Crippen LogP contribution in [0.1, 0.15) is 19.8 Å². The number of nitrogens with zero attached hydrogens (tertiary/aromatic N) is 1. The molecule has 1 heterocycles. The van der Waals surface area contributed by atoms with E-state index in [4.69, 9.17) is 4.74 Å². The standard InChI is InChI=1S/C9H16NO3/c1-8(12)13-9(7-11)6-10-4-2-3-5-10/h9H,2-7H2,1H3. The predicted molar refractivity (Wildman–Crippen MR) is 46.8 cm³/mol. The Kier molecular flexibility index (Phi) is 4.18. The largest absolute Gasteiger partial charge is 0.459 e. The molecule has 75 valence electrons. The van der Waals surface area contributed by atoms with Gasteiger partial charge in [-0.15, -0.1) is 0 Å². The highest BCUT2D eigenvalue weighted by molar-refractivity contribution is 5.66. The van der Waals surface area contributed by atoms with E-state index in [1.54, 1.807) is 0 Å². The molecule has 4 heteroatoms.